The van der Waals surface area contributed by atoms with Gasteiger partial charge in [-0.1, -0.05) is 5.16 Å². The van der Waals surface area contributed by atoms with Crippen LogP contribution < -0.4 is 5.32 Å². The van der Waals surface area contributed by atoms with Crippen LogP contribution in [0, 0.1) is 6.92 Å². The Morgan fingerprint density at radius 3 is 2.69 bits per heavy atom. The lowest BCUT2D eigenvalue weighted by atomic mass is 10.3. The van der Waals surface area contributed by atoms with E-state index in [0.717, 1.165) is 19.6 Å². The Labute approximate surface area is 150 Å². The molecule has 1 aliphatic rings. The first-order valence-electron chi connectivity index (χ1n) is 8.20. The number of aryl methyl sites for hydroxylation is 1. The number of urea groups is 1. The number of piperazine rings is 1. The van der Waals surface area contributed by atoms with Crippen molar-refractivity contribution in [3.05, 3.63) is 30.4 Å². The number of aromatic nitrogens is 4. The van der Waals surface area contributed by atoms with E-state index in [9.17, 15) is 4.79 Å². The molecule has 2 aromatic rings. The Morgan fingerprint density at radius 2 is 2.12 bits per heavy atom. The zero-order chi connectivity index (χ0) is 18.8. The van der Waals surface area contributed by atoms with Crippen LogP contribution in [0.2, 0.25) is 0 Å². The molecule has 0 radical (unpaired) electrons. The fraction of sp³-hybridized carbons (Fsp3) is 0.533. The lowest BCUT2D eigenvalue weighted by molar-refractivity contribution is -0.122. The summed E-state index contributed by atoms with van der Waals surface area (Å²) in [7, 11) is 0. The molecule has 0 saturated carbocycles. The Balaban J connectivity index is 0.000000758. The molecule has 0 aliphatic carbocycles. The van der Waals surface area contributed by atoms with E-state index in [1.54, 1.807) is 19.4 Å². The molecule has 1 fully saturated rings. The number of carbonyl (C=O) groups excluding carboxylic acids is 1. The van der Waals surface area contributed by atoms with E-state index >= 15 is 0 Å². The van der Waals surface area contributed by atoms with Crippen LogP contribution in [-0.2, 0) is 17.9 Å². The molecule has 0 bridgehead atoms. The van der Waals surface area contributed by atoms with Gasteiger partial charge in [-0.05, 0) is 0 Å². The average Bonchev–Trinajstić information content (AvgIpc) is 3.28. The van der Waals surface area contributed by atoms with E-state index in [0.29, 0.717) is 37.9 Å². The Bertz CT molecular complexity index is 665. The van der Waals surface area contributed by atoms with Crippen LogP contribution in [0.25, 0.3) is 0 Å². The number of imidazole rings is 1. The first kappa shape index (κ1) is 19.4. The third-order valence-corrected chi connectivity index (χ3v) is 3.80. The molecule has 3 heterocycles. The standard InChI is InChI=1S/C14H21N7O2.CH2O2/c1-12-17-13(18-23-12)10-19-6-8-21(9-7-19)14(22)16-3-5-20-4-2-15-11-20;2-1-3/h2,4,11H,3,5-10H2,1H3,(H,16,22);1H,(H,2,3). The number of nitrogens with zero attached hydrogens (tertiary/aromatic N) is 6. The summed E-state index contributed by atoms with van der Waals surface area (Å²) < 4.78 is 6.91. The summed E-state index contributed by atoms with van der Waals surface area (Å²) in [5.74, 6) is 1.27. The molecule has 0 atom stereocenters. The first-order chi connectivity index (χ1) is 12.6. The minimum Gasteiger partial charge on any atom is -0.483 e. The SMILES string of the molecule is Cc1nc(CN2CCN(C(=O)NCCn3ccnc3)CC2)no1.O=CO. The van der Waals surface area contributed by atoms with Gasteiger partial charge < -0.3 is 24.4 Å². The topological polar surface area (TPSA) is 130 Å². The van der Waals surface area contributed by atoms with E-state index in [2.05, 4.69) is 25.3 Å². The van der Waals surface area contributed by atoms with E-state index in [1.165, 1.54) is 0 Å². The summed E-state index contributed by atoms with van der Waals surface area (Å²) in [4.78, 5) is 32.7. The molecule has 11 heteroatoms. The number of carbonyl (C=O) groups is 2. The second kappa shape index (κ2) is 10.1. The van der Waals surface area contributed by atoms with E-state index in [4.69, 9.17) is 14.4 Å². The van der Waals surface area contributed by atoms with E-state index in [1.807, 2.05) is 15.7 Å². The summed E-state index contributed by atoms with van der Waals surface area (Å²) in [6.07, 6.45) is 5.35. The summed E-state index contributed by atoms with van der Waals surface area (Å²) >= 11 is 0. The lowest BCUT2D eigenvalue weighted by Gasteiger charge is -2.34. The highest BCUT2D eigenvalue weighted by atomic mass is 16.5. The summed E-state index contributed by atoms with van der Waals surface area (Å²) in [5.41, 5.74) is 0. The van der Waals surface area contributed by atoms with Gasteiger partial charge in [-0.25, -0.2) is 9.78 Å². The molecule has 2 amide bonds. The highest BCUT2D eigenvalue weighted by molar-refractivity contribution is 5.74. The fourth-order valence-corrected chi connectivity index (χ4v) is 2.54. The first-order valence-corrected chi connectivity index (χ1v) is 8.20. The molecule has 11 nitrogen and oxygen atoms in total. The fourth-order valence-electron chi connectivity index (χ4n) is 2.54. The van der Waals surface area contributed by atoms with E-state index in [-0.39, 0.29) is 12.5 Å². The highest BCUT2D eigenvalue weighted by Gasteiger charge is 2.21. The summed E-state index contributed by atoms with van der Waals surface area (Å²) in [6.45, 7) is 6.53. The Hall–Kier alpha value is -2.95. The molecular formula is C15H23N7O4. The number of hydrogen-bond acceptors (Lipinski definition) is 7. The van der Waals surface area contributed by atoms with Crippen molar-refractivity contribution in [2.75, 3.05) is 32.7 Å². The summed E-state index contributed by atoms with van der Waals surface area (Å²) in [6, 6.07) is -0.0137. The Morgan fingerprint density at radius 1 is 1.38 bits per heavy atom. The van der Waals surface area contributed by atoms with Crippen LogP contribution in [0.15, 0.2) is 23.2 Å². The van der Waals surface area contributed by atoms with Crippen molar-refractivity contribution in [3.8, 4) is 0 Å². The van der Waals surface area contributed by atoms with Gasteiger partial charge in [0.1, 0.15) is 0 Å². The molecule has 2 aromatic heterocycles. The smallest absolute Gasteiger partial charge is 0.317 e. The predicted molar refractivity (Wildman–Crippen MR) is 90.2 cm³/mol. The van der Waals surface area contributed by atoms with Crippen molar-refractivity contribution < 1.29 is 19.2 Å². The van der Waals surface area contributed by atoms with Gasteiger partial charge in [0.15, 0.2) is 5.82 Å². The van der Waals surface area contributed by atoms with Crippen LogP contribution in [0.1, 0.15) is 11.7 Å². The molecule has 26 heavy (non-hydrogen) atoms. The van der Waals surface area contributed by atoms with Crippen molar-refractivity contribution in [3.63, 3.8) is 0 Å². The van der Waals surface area contributed by atoms with Gasteiger partial charge in [0.2, 0.25) is 5.89 Å². The maximum atomic E-state index is 12.1. The minimum atomic E-state index is -0.250. The zero-order valence-corrected chi connectivity index (χ0v) is 14.6. The molecule has 2 N–H and O–H groups in total. The molecule has 0 aromatic carbocycles. The van der Waals surface area contributed by atoms with Gasteiger partial charge in [-0.3, -0.25) is 9.69 Å². The molecule has 0 spiro atoms. The number of rotatable bonds is 5. The quantitative estimate of drug-likeness (QED) is 0.697. The third-order valence-electron chi connectivity index (χ3n) is 3.80. The van der Waals surface area contributed by atoms with Gasteiger partial charge in [0.05, 0.1) is 12.9 Å². The van der Waals surface area contributed by atoms with Crippen molar-refractivity contribution in [1.29, 1.82) is 0 Å². The number of amides is 2. The predicted octanol–water partition coefficient (Wildman–Crippen LogP) is -0.197. The molecule has 0 unspecified atom stereocenters. The van der Waals surface area contributed by atoms with Crippen molar-refractivity contribution in [2.24, 2.45) is 0 Å². The highest BCUT2D eigenvalue weighted by Crippen LogP contribution is 2.06. The molecule has 1 saturated heterocycles. The zero-order valence-electron chi connectivity index (χ0n) is 14.6. The van der Waals surface area contributed by atoms with Gasteiger partial charge in [-0.2, -0.15) is 4.98 Å². The second-order valence-electron chi connectivity index (χ2n) is 5.63. The monoisotopic (exact) mass is 365 g/mol. The molecule has 3 rings (SSSR count). The summed E-state index contributed by atoms with van der Waals surface area (Å²) in [5, 5.41) is 13.7. The maximum absolute atomic E-state index is 12.1. The largest absolute Gasteiger partial charge is 0.483 e. The van der Waals surface area contributed by atoms with Crippen LogP contribution in [0.5, 0.6) is 0 Å². The van der Waals surface area contributed by atoms with Crippen LogP contribution >= 0.6 is 0 Å². The average molecular weight is 365 g/mol. The van der Waals surface area contributed by atoms with Crippen molar-refractivity contribution >= 4 is 12.5 Å². The number of carboxylic acid groups (broad SMARTS) is 1. The molecule has 1 aliphatic heterocycles. The normalized spacial score (nSPS) is 14.4. The third kappa shape index (κ3) is 6.16. The van der Waals surface area contributed by atoms with Gasteiger partial charge >= 0.3 is 6.03 Å². The van der Waals surface area contributed by atoms with Crippen molar-refractivity contribution in [2.45, 2.75) is 20.0 Å². The number of hydrogen-bond donors (Lipinski definition) is 2. The second-order valence-corrected chi connectivity index (χ2v) is 5.63. The van der Waals surface area contributed by atoms with Crippen LogP contribution in [-0.4, -0.2) is 79.8 Å². The van der Waals surface area contributed by atoms with Crippen LogP contribution in [0.4, 0.5) is 4.79 Å². The minimum absolute atomic E-state index is 0.0137. The van der Waals surface area contributed by atoms with Crippen LogP contribution in [0.3, 0.4) is 0 Å². The molecular weight excluding hydrogens is 342 g/mol. The lowest BCUT2D eigenvalue weighted by Crippen LogP contribution is -2.51. The van der Waals surface area contributed by atoms with Gasteiger partial charge in [0, 0.05) is 58.6 Å². The molecule has 142 valence electrons. The maximum Gasteiger partial charge on any atom is 0.317 e. The van der Waals surface area contributed by atoms with Gasteiger partial charge in [-0.15, -0.1) is 0 Å². The Kier molecular flexibility index (Phi) is 7.55. The van der Waals surface area contributed by atoms with Crippen molar-refractivity contribution in [1.82, 2.24) is 34.8 Å². The van der Waals surface area contributed by atoms with Gasteiger partial charge in [0.25, 0.3) is 6.47 Å². The van der Waals surface area contributed by atoms with E-state index < -0.39 is 0 Å². The number of nitrogens with one attached hydrogen (secondary N) is 1.